The highest BCUT2D eigenvalue weighted by molar-refractivity contribution is 7.87. The second-order valence-electron chi connectivity index (χ2n) is 8.01. The fraction of sp³-hybridized carbons (Fsp3) is 0.273. The van der Waals surface area contributed by atoms with Crippen molar-refractivity contribution in [3.05, 3.63) is 66.1 Å². The van der Waals surface area contributed by atoms with Gasteiger partial charge >= 0.3 is 0 Å². The van der Waals surface area contributed by atoms with Crippen LogP contribution in [0.5, 0.6) is 0 Å². The van der Waals surface area contributed by atoms with E-state index in [9.17, 15) is 17.2 Å². The third-order valence-electron chi connectivity index (χ3n) is 5.85. The lowest BCUT2D eigenvalue weighted by Crippen LogP contribution is -2.51. The molecule has 4 heterocycles. The maximum absolute atomic E-state index is 14.7. The van der Waals surface area contributed by atoms with Crippen molar-refractivity contribution < 1.29 is 21.7 Å². The fourth-order valence-corrected chi connectivity index (χ4v) is 4.86. The average molecular weight is 517 g/mol. The summed E-state index contributed by atoms with van der Waals surface area (Å²) in [5, 5.41) is 8.51. The van der Waals surface area contributed by atoms with Crippen molar-refractivity contribution in [2.75, 3.05) is 38.1 Å². The summed E-state index contributed by atoms with van der Waals surface area (Å²) >= 11 is 0. The van der Waals surface area contributed by atoms with Crippen LogP contribution in [0.1, 0.15) is 5.56 Å². The first-order valence-corrected chi connectivity index (χ1v) is 12.5. The Morgan fingerprint density at radius 1 is 1.06 bits per heavy atom. The van der Waals surface area contributed by atoms with Gasteiger partial charge in [0, 0.05) is 44.9 Å². The third-order valence-corrected chi connectivity index (χ3v) is 7.41. The number of benzene rings is 1. The van der Waals surface area contributed by atoms with E-state index in [4.69, 9.17) is 4.52 Å². The number of anilines is 1. The number of hydrogen-bond donors (Lipinski definition) is 1. The van der Waals surface area contributed by atoms with Crippen LogP contribution in [0.15, 0.2) is 53.4 Å². The Bertz CT molecular complexity index is 1470. The van der Waals surface area contributed by atoms with E-state index >= 15 is 0 Å². The molecule has 5 rings (SSSR count). The highest BCUT2D eigenvalue weighted by Crippen LogP contribution is 2.27. The van der Waals surface area contributed by atoms with E-state index in [0.29, 0.717) is 22.6 Å². The van der Waals surface area contributed by atoms with Gasteiger partial charge in [0.05, 0.1) is 18.4 Å². The van der Waals surface area contributed by atoms with Crippen LogP contribution in [0, 0.1) is 11.6 Å². The summed E-state index contributed by atoms with van der Waals surface area (Å²) in [6, 6.07) is 9.68. The molecule has 1 aliphatic rings. The maximum atomic E-state index is 14.7. The minimum atomic E-state index is -3.56. The van der Waals surface area contributed by atoms with E-state index in [2.05, 4.69) is 24.9 Å². The van der Waals surface area contributed by atoms with Gasteiger partial charge in [-0.05, 0) is 12.1 Å². The molecule has 11 nitrogen and oxygen atoms in total. The number of nitrogens with one attached hydrogen (secondary N) is 1. The Balaban J connectivity index is 1.46. The molecular weight excluding hydrogens is 494 g/mol. The summed E-state index contributed by atoms with van der Waals surface area (Å²) in [6.07, 6.45) is 2.47. The smallest absolute Gasteiger partial charge is 0.279 e. The van der Waals surface area contributed by atoms with Crippen LogP contribution in [0.25, 0.3) is 22.9 Å². The Labute approximate surface area is 205 Å². The van der Waals surface area contributed by atoms with Gasteiger partial charge in [-0.2, -0.15) is 17.8 Å². The van der Waals surface area contributed by atoms with Crippen molar-refractivity contribution in [3.8, 4) is 22.9 Å². The van der Waals surface area contributed by atoms with Crippen LogP contribution in [0.3, 0.4) is 0 Å². The summed E-state index contributed by atoms with van der Waals surface area (Å²) < 4.78 is 63.2. The normalized spacial score (nSPS) is 14.9. The minimum Gasteiger partial charge on any atom is -0.364 e. The fourth-order valence-electron chi connectivity index (χ4n) is 3.96. The molecule has 0 atom stereocenters. The van der Waals surface area contributed by atoms with Gasteiger partial charge in [0.1, 0.15) is 23.5 Å². The van der Waals surface area contributed by atoms with Gasteiger partial charge in [-0.15, -0.1) is 0 Å². The second kappa shape index (κ2) is 9.72. The van der Waals surface area contributed by atoms with Crippen LogP contribution in [0.2, 0.25) is 0 Å². The van der Waals surface area contributed by atoms with Crippen molar-refractivity contribution >= 4 is 16.0 Å². The van der Waals surface area contributed by atoms with Gasteiger partial charge in [0.2, 0.25) is 0 Å². The molecule has 1 aromatic carbocycles. The van der Waals surface area contributed by atoms with Crippen molar-refractivity contribution in [1.82, 2.24) is 33.9 Å². The van der Waals surface area contributed by atoms with E-state index in [-0.39, 0.29) is 50.2 Å². The number of piperazine rings is 1. The number of halogens is 2. The van der Waals surface area contributed by atoms with Gasteiger partial charge in [-0.1, -0.05) is 23.4 Å². The first-order valence-electron chi connectivity index (χ1n) is 11.0. The van der Waals surface area contributed by atoms with Gasteiger partial charge in [-0.3, -0.25) is 4.68 Å². The molecule has 0 bridgehead atoms. The van der Waals surface area contributed by atoms with Crippen molar-refractivity contribution in [2.45, 2.75) is 6.54 Å². The molecule has 36 heavy (non-hydrogen) atoms. The molecule has 0 radical (unpaired) electrons. The van der Waals surface area contributed by atoms with Crippen LogP contribution in [-0.2, 0) is 16.8 Å². The molecule has 1 N–H and O–H groups in total. The molecule has 0 amide bonds. The summed E-state index contributed by atoms with van der Waals surface area (Å²) in [5.41, 5.74) is 1.78. The summed E-state index contributed by atoms with van der Waals surface area (Å²) in [5.74, 6) is -0.798. The first-order chi connectivity index (χ1) is 17.4. The number of hydrogen-bond acceptors (Lipinski definition) is 8. The van der Waals surface area contributed by atoms with E-state index in [1.165, 1.54) is 23.7 Å². The first kappa shape index (κ1) is 24.0. The molecule has 1 aliphatic heterocycles. The molecule has 14 heteroatoms. The monoisotopic (exact) mass is 516 g/mol. The largest absolute Gasteiger partial charge is 0.364 e. The summed E-state index contributed by atoms with van der Waals surface area (Å²) in [7, 11) is -2.22. The number of nitrogens with zero attached hydrogens (tertiary/aromatic N) is 7. The van der Waals surface area contributed by atoms with Crippen molar-refractivity contribution in [2.24, 2.45) is 0 Å². The minimum absolute atomic E-state index is 0.0492. The van der Waals surface area contributed by atoms with E-state index in [1.807, 2.05) is 0 Å². The quantitative estimate of drug-likeness (QED) is 0.395. The Hall–Kier alpha value is -3.75. The number of aromatic nitrogens is 5. The van der Waals surface area contributed by atoms with E-state index in [1.54, 1.807) is 39.9 Å². The third kappa shape index (κ3) is 4.69. The maximum Gasteiger partial charge on any atom is 0.279 e. The van der Waals surface area contributed by atoms with Crippen LogP contribution in [-0.4, -0.2) is 70.9 Å². The lowest BCUT2D eigenvalue weighted by atomic mass is 10.2. The Morgan fingerprint density at radius 2 is 1.83 bits per heavy atom. The second-order valence-corrected chi connectivity index (χ2v) is 9.88. The topological polar surface area (TPSA) is 122 Å². The molecule has 0 aliphatic carbocycles. The summed E-state index contributed by atoms with van der Waals surface area (Å²) in [4.78, 5) is 10.2. The van der Waals surface area contributed by atoms with Crippen molar-refractivity contribution in [3.63, 3.8) is 0 Å². The van der Waals surface area contributed by atoms with Gasteiger partial charge in [0.25, 0.3) is 10.2 Å². The average Bonchev–Trinajstić information content (AvgIpc) is 3.56. The van der Waals surface area contributed by atoms with Gasteiger partial charge in [0.15, 0.2) is 17.5 Å². The molecule has 0 saturated carbocycles. The Morgan fingerprint density at radius 3 is 2.53 bits per heavy atom. The van der Waals surface area contributed by atoms with Crippen LogP contribution in [0.4, 0.5) is 14.6 Å². The molecule has 1 saturated heterocycles. The zero-order valence-electron chi connectivity index (χ0n) is 19.2. The zero-order valence-corrected chi connectivity index (χ0v) is 20.0. The van der Waals surface area contributed by atoms with Crippen LogP contribution < -0.4 is 9.62 Å². The Kier molecular flexibility index (Phi) is 6.47. The van der Waals surface area contributed by atoms with E-state index in [0.717, 1.165) is 6.20 Å². The SMILES string of the molecule is CNS(=O)(=O)N1CCN(c2nc(-c3cc(-c4ccon4)n(Cc4ccccc4F)n3)ncc2F)CC1. The highest BCUT2D eigenvalue weighted by Gasteiger charge is 2.28. The lowest BCUT2D eigenvalue weighted by molar-refractivity contribution is 0.377. The van der Waals surface area contributed by atoms with Crippen molar-refractivity contribution in [1.29, 1.82) is 0 Å². The number of rotatable bonds is 7. The van der Waals surface area contributed by atoms with Gasteiger partial charge < -0.3 is 9.42 Å². The van der Waals surface area contributed by atoms with Gasteiger partial charge in [-0.25, -0.2) is 23.5 Å². The molecule has 4 aromatic rings. The molecule has 188 valence electrons. The molecule has 3 aromatic heterocycles. The van der Waals surface area contributed by atoms with E-state index < -0.39 is 16.0 Å². The molecule has 0 spiro atoms. The zero-order chi connectivity index (χ0) is 25.3. The van der Waals surface area contributed by atoms with Crippen LogP contribution >= 0.6 is 0 Å². The highest BCUT2D eigenvalue weighted by atomic mass is 32.2. The predicted octanol–water partition coefficient (Wildman–Crippen LogP) is 1.91. The summed E-state index contributed by atoms with van der Waals surface area (Å²) in [6.45, 7) is 0.969. The standard InChI is InChI=1S/C22H22F2N8O3S/c1-25-36(33,34)31-9-7-30(8-10-31)22-17(24)13-26-21(27-22)19-12-20(18-6-11-35-29-18)32(28-19)14-15-4-2-3-5-16(15)23/h2-6,11-13,25H,7-10,14H2,1H3. The predicted molar refractivity (Wildman–Crippen MR) is 126 cm³/mol. The molecular formula is C22H22F2N8O3S. The molecule has 1 fully saturated rings. The molecule has 0 unspecified atom stereocenters. The lowest BCUT2D eigenvalue weighted by Gasteiger charge is -2.34.